The Labute approximate surface area is 165 Å². The lowest BCUT2D eigenvalue weighted by atomic mass is 9.81. The van der Waals surface area contributed by atoms with E-state index in [1.165, 1.54) is 4.90 Å². The molecule has 152 valence electrons. The summed E-state index contributed by atoms with van der Waals surface area (Å²) in [5.74, 6) is 0.858. The largest absolute Gasteiger partial charge is 0.497 e. The van der Waals surface area contributed by atoms with Gasteiger partial charge >= 0.3 is 0 Å². The average molecular weight is 388 g/mol. The second-order valence-electron chi connectivity index (χ2n) is 7.41. The molecule has 7 heteroatoms. The summed E-state index contributed by atoms with van der Waals surface area (Å²) in [6.07, 6.45) is 3.74. The number of carbonyl (C=O) groups is 3. The molecule has 2 unspecified atom stereocenters. The van der Waals surface area contributed by atoms with Crippen molar-refractivity contribution in [1.29, 1.82) is 0 Å². The molecule has 0 aromatic heterocycles. The first kappa shape index (κ1) is 20.2. The summed E-state index contributed by atoms with van der Waals surface area (Å²) in [5.41, 5.74) is 0. The molecule has 0 spiro atoms. The molecule has 1 aliphatic heterocycles. The van der Waals surface area contributed by atoms with Gasteiger partial charge in [-0.3, -0.25) is 19.3 Å². The number of fused-ring (bicyclic) bond motifs is 1. The summed E-state index contributed by atoms with van der Waals surface area (Å²) in [4.78, 5) is 40.2. The third-order valence-corrected chi connectivity index (χ3v) is 5.66. The summed E-state index contributed by atoms with van der Waals surface area (Å²) in [6, 6.07) is 7.24. The van der Waals surface area contributed by atoms with Gasteiger partial charge in [0.2, 0.25) is 17.7 Å². The Morgan fingerprint density at radius 1 is 1.07 bits per heavy atom. The van der Waals surface area contributed by atoms with E-state index in [-0.39, 0.29) is 42.5 Å². The number of hydrogen-bond donors (Lipinski definition) is 0. The number of hydrogen-bond acceptors (Lipinski definition) is 5. The van der Waals surface area contributed by atoms with E-state index in [4.69, 9.17) is 9.47 Å². The van der Waals surface area contributed by atoms with Gasteiger partial charge in [-0.25, -0.2) is 0 Å². The van der Waals surface area contributed by atoms with Gasteiger partial charge in [-0.05, 0) is 37.1 Å². The standard InChI is InChI=1S/C21H28N2O5/c1-22(13-14-28-16-9-7-15(27-2)8-10-16)19(24)11-12-23-20(25)17-5-3-4-6-18(17)21(23)26/h7-10,17-18H,3-6,11-14H2,1-2H3. The smallest absolute Gasteiger partial charge is 0.233 e. The zero-order valence-corrected chi connectivity index (χ0v) is 16.6. The van der Waals surface area contributed by atoms with E-state index >= 15 is 0 Å². The maximum Gasteiger partial charge on any atom is 0.233 e. The lowest BCUT2D eigenvalue weighted by molar-refractivity contribution is -0.140. The number of imide groups is 1. The van der Waals surface area contributed by atoms with Crippen LogP contribution in [0.4, 0.5) is 0 Å². The number of ether oxygens (including phenoxy) is 2. The first-order valence-corrected chi connectivity index (χ1v) is 9.87. The number of nitrogens with zero attached hydrogens (tertiary/aromatic N) is 2. The number of likely N-dealkylation sites (tertiary alicyclic amines) is 1. The predicted octanol–water partition coefficient (Wildman–Crippen LogP) is 2.10. The molecular formula is C21H28N2O5. The molecule has 1 aromatic rings. The SMILES string of the molecule is COc1ccc(OCCN(C)C(=O)CCN2C(=O)C3CCCCC3C2=O)cc1. The topological polar surface area (TPSA) is 76.2 Å². The van der Waals surface area contributed by atoms with Crippen molar-refractivity contribution in [3.05, 3.63) is 24.3 Å². The predicted molar refractivity (Wildman–Crippen MR) is 103 cm³/mol. The number of methoxy groups -OCH3 is 1. The fourth-order valence-electron chi connectivity index (χ4n) is 3.95. The molecule has 0 N–H and O–H groups in total. The van der Waals surface area contributed by atoms with E-state index in [0.29, 0.717) is 18.9 Å². The van der Waals surface area contributed by atoms with Gasteiger partial charge in [-0.1, -0.05) is 12.8 Å². The van der Waals surface area contributed by atoms with E-state index in [1.54, 1.807) is 19.1 Å². The quantitative estimate of drug-likeness (QED) is 0.638. The van der Waals surface area contributed by atoms with Crippen LogP contribution in [0.3, 0.4) is 0 Å². The Morgan fingerprint density at radius 3 is 2.21 bits per heavy atom. The van der Waals surface area contributed by atoms with Crippen LogP contribution in [-0.2, 0) is 14.4 Å². The fourth-order valence-corrected chi connectivity index (χ4v) is 3.95. The molecule has 2 fully saturated rings. The van der Waals surface area contributed by atoms with Crippen LogP contribution in [0.2, 0.25) is 0 Å². The van der Waals surface area contributed by atoms with Crippen LogP contribution in [0, 0.1) is 11.8 Å². The molecule has 3 amide bonds. The van der Waals surface area contributed by atoms with Crippen LogP contribution < -0.4 is 9.47 Å². The Morgan fingerprint density at radius 2 is 1.64 bits per heavy atom. The number of rotatable bonds is 8. The van der Waals surface area contributed by atoms with Crippen LogP contribution in [-0.4, -0.2) is 61.4 Å². The molecule has 7 nitrogen and oxygen atoms in total. The van der Waals surface area contributed by atoms with Crippen molar-refractivity contribution < 1.29 is 23.9 Å². The maximum absolute atomic E-state index is 12.5. The normalized spacial score (nSPS) is 21.4. The van der Waals surface area contributed by atoms with Gasteiger partial charge in [-0.15, -0.1) is 0 Å². The molecule has 1 saturated heterocycles. The Kier molecular flexibility index (Phi) is 6.54. The third kappa shape index (κ3) is 4.46. The fraction of sp³-hybridized carbons (Fsp3) is 0.571. The summed E-state index contributed by atoms with van der Waals surface area (Å²) in [6.45, 7) is 0.964. The minimum atomic E-state index is -0.160. The second-order valence-corrected chi connectivity index (χ2v) is 7.41. The summed E-state index contributed by atoms with van der Waals surface area (Å²) >= 11 is 0. The van der Waals surface area contributed by atoms with Gasteiger partial charge in [0.15, 0.2) is 0 Å². The van der Waals surface area contributed by atoms with Gasteiger partial charge in [-0.2, -0.15) is 0 Å². The van der Waals surface area contributed by atoms with E-state index in [0.717, 1.165) is 31.4 Å². The molecule has 1 aromatic carbocycles. The van der Waals surface area contributed by atoms with Crippen molar-refractivity contribution >= 4 is 17.7 Å². The van der Waals surface area contributed by atoms with Gasteiger partial charge in [0.05, 0.1) is 25.5 Å². The van der Waals surface area contributed by atoms with Gasteiger partial charge < -0.3 is 14.4 Å². The Hall–Kier alpha value is -2.57. The van der Waals surface area contributed by atoms with Crippen molar-refractivity contribution in [3.63, 3.8) is 0 Å². The van der Waals surface area contributed by atoms with Crippen LogP contribution in [0.1, 0.15) is 32.1 Å². The summed E-state index contributed by atoms with van der Waals surface area (Å²) in [7, 11) is 3.31. The highest BCUT2D eigenvalue weighted by molar-refractivity contribution is 6.05. The van der Waals surface area contributed by atoms with Crippen molar-refractivity contribution in [2.24, 2.45) is 11.8 Å². The van der Waals surface area contributed by atoms with E-state index in [1.807, 2.05) is 24.3 Å². The molecule has 28 heavy (non-hydrogen) atoms. The minimum absolute atomic E-state index is 0.0898. The molecular weight excluding hydrogens is 360 g/mol. The molecule has 2 atom stereocenters. The highest BCUT2D eigenvalue weighted by Crippen LogP contribution is 2.37. The highest BCUT2D eigenvalue weighted by atomic mass is 16.5. The summed E-state index contributed by atoms with van der Waals surface area (Å²) in [5, 5.41) is 0. The van der Waals surface area contributed by atoms with Crippen LogP contribution in [0.25, 0.3) is 0 Å². The zero-order valence-electron chi connectivity index (χ0n) is 16.6. The van der Waals surface area contributed by atoms with Crippen molar-refractivity contribution in [3.8, 4) is 11.5 Å². The highest BCUT2D eigenvalue weighted by Gasteiger charge is 2.47. The third-order valence-electron chi connectivity index (χ3n) is 5.66. The van der Waals surface area contributed by atoms with E-state index < -0.39 is 0 Å². The second kappa shape index (κ2) is 9.08. The van der Waals surface area contributed by atoms with Gasteiger partial charge in [0, 0.05) is 20.0 Å². The van der Waals surface area contributed by atoms with Crippen molar-refractivity contribution in [2.75, 3.05) is 33.9 Å². The van der Waals surface area contributed by atoms with Crippen LogP contribution >= 0.6 is 0 Å². The molecule has 1 aliphatic carbocycles. The van der Waals surface area contributed by atoms with Crippen molar-refractivity contribution in [2.45, 2.75) is 32.1 Å². The Bertz CT molecular complexity index is 694. The van der Waals surface area contributed by atoms with E-state index in [9.17, 15) is 14.4 Å². The van der Waals surface area contributed by atoms with Crippen LogP contribution in [0.5, 0.6) is 11.5 Å². The molecule has 3 rings (SSSR count). The monoisotopic (exact) mass is 388 g/mol. The molecule has 1 heterocycles. The Balaban J connectivity index is 1.41. The number of likely N-dealkylation sites (N-methyl/N-ethyl adjacent to an activating group) is 1. The summed E-state index contributed by atoms with van der Waals surface area (Å²) < 4.78 is 10.7. The number of benzene rings is 1. The molecule has 2 aliphatic rings. The van der Waals surface area contributed by atoms with E-state index in [2.05, 4.69) is 0 Å². The van der Waals surface area contributed by atoms with Crippen molar-refractivity contribution in [1.82, 2.24) is 9.80 Å². The number of amides is 3. The lowest BCUT2D eigenvalue weighted by Gasteiger charge is -2.20. The van der Waals surface area contributed by atoms with Crippen LogP contribution in [0.15, 0.2) is 24.3 Å². The van der Waals surface area contributed by atoms with Gasteiger partial charge in [0.25, 0.3) is 0 Å². The maximum atomic E-state index is 12.5. The molecule has 1 saturated carbocycles. The van der Waals surface area contributed by atoms with Gasteiger partial charge in [0.1, 0.15) is 18.1 Å². The molecule has 0 radical (unpaired) electrons. The first-order valence-electron chi connectivity index (χ1n) is 9.87. The lowest BCUT2D eigenvalue weighted by Crippen LogP contribution is -2.37. The first-order chi connectivity index (χ1) is 13.5. The minimum Gasteiger partial charge on any atom is -0.497 e. The number of carbonyl (C=O) groups excluding carboxylic acids is 3. The molecule has 0 bridgehead atoms. The zero-order chi connectivity index (χ0) is 20.1. The average Bonchev–Trinajstić information content (AvgIpc) is 2.97.